The van der Waals surface area contributed by atoms with Crippen molar-refractivity contribution < 1.29 is 4.79 Å². The molecule has 0 atom stereocenters. The molecule has 0 spiro atoms. The highest BCUT2D eigenvalue weighted by molar-refractivity contribution is 6.33. The number of nitrogens with zero attached hydrogens (tertiary/aromatic N) is 1. The Hall–Kier alpha value is -2.33. The standard InChI is InChI=1S/C15H14ClN3O/c1-2-8-18-15(20)14-10-11(7-9-17-14)19-13-6-4-3-5-12(13)16/h2-7,9-10H,1,8H2,(H,17,19)(H,18,20). The molecule has 102 valence electrons. The molecule has 2 rings (SSSR count). The number of anilines is 2. The Labute approximate surface area is 122 Å². The van der Waals surface area contributed by atoms with Gasteiger partial charge in [0, 0.05) is 18.4 Å². The number of hydrogen-bond donors (Lipinski definition) is 2. The summed E-state index contributed by atoms with van der Waals surface area (Å²) in [6.07, 6.45) is 3.19. The van der Waals surface area contributed by atoms with Crippen LogP contribution >= 0.6 is 11.6 Å². The summed E-state index contributed by atoms with van der Waals surface area (Å²) in [5.74, 6) is -0.243. The summed E-state index contributed by atoms with van der Waals surface area (Å²) < 4.78 is 0. The number of carbonyl (C=O) groups is 1. The molecule has 1 heterocycles. The highest BCUT2D eigenvalue weighted by atomic mass is 35.5. The predicted molar refractivity (Wildman–Crippen MR) is 81.5 cm³/mol. The molecule has 5 heteroatoms. The Kier molecular flexibility index (Phi) is 4.74. The van der Waals surface area contributed by atoms with Crippen molar-refractivity contribution in [1.29, 1.82) is 0 Å². The summed E-state index contributed by atoms with van der Waals surface area (Å²) in [5.41, 5.74) is 1.86. The van der Waals surface area contributed by atoms with Crippen LogP contribution in [0.25, 0.3) is 0 Å². The van der Waals surface area contributed by atoms with Gasteiger partial charge in [-0.1, -0.05) is 29.8 Å². The van der Waals surface area contributed by atoms with E-state index < -0.39 is 0 Å². The first-order valence-corrected chi connectivity index (χ1v) is 6.45. The van der Waals surface area contributed by atoms with Crippen molar-refractivity contribution in [2.75, 3.05) is 11.9 Å². The lowest BCUT2D eigenvalue weighted by Gasteiger charge is -2.09. The second kappa shape index (κ2) is 6.73. The lowest BCUT2D eigenvalue weighted by atomic mass is 10.2. The van der Waals surface area contributed by atoms with Crippen molar-refractivity contribution in [2.45, 2.75) is 0 Å². The van der Waals surface area contributed by atoms with Crippen LogP contribution in [0, 0.1) is 0 Å². The molecular formula is C15H14ClN3O. The van der Waals surface area contributed by atoms with Crippen LogP contribution < -0.4 is 10.6 Å². The molecule has 0 saturated carbocycles. The third-order valence-electron chi connectivity index (χ3n) is 2.55. The van der Waals surface area contributed by atoms with Crippen LogP contribution in [0.4, 0.5) is 11.4 Å². The van der Waals surface area contributed by atoms with E-state index in [2.05, 4.69) is 22.2 Å². The van der Waals surface area contributed by atoms with Gasteiger partial charge < -0.3 is 10.6 Å². The molecule has 0 aliphatic rings. The van der Waals surface area contributed by atoms with E-state index in [-0.39, 0.29) is 5.91 Å². The molecule has 4 nitrogen and oxygen atoms in total. The molecule has 1 aromatic heterocycles. The van der Waals surface area contributed by atoms with Crippen LogP contribution in [0.1, 0.15) is 10.5 Å². The van der Waals surface area contributed by atoms with Crippen molar-refractivity contribution in [3.05, 3.63) is 66.0 Å². The number of nitrogens with one attached hydrogen (secondary N) is 2. The van der Waals surface area contributed by atoms with Gasteiger partial charge in [-0.25, -0.2) is 0 Å². The Morgan fingerprint density at radius 3 is 2.90 bits per heavy atom. The van der Waals surface area contributed by atoms with Gasteiger partial charge in [-0.05, 0) is 24.3 Å². The fraction of sp³-hybridized carbons (Fsp3) is 0.0667. The van der Waals surface area contributed by atoms with Crippen molar-refractivity contribution in [1.82, 2.24) is 10.3 Å². The number of para-hydroxylation sites is 1. The van der Waals surface area contributed by atoms with Gasteiger partial charge in [-0.3, -0.25) is 9.78 Å². The quantitative estimate of drug-likeness (QED) is 0.829. The number of rotatable bonds is 5. The Balaban J connectivity index is 2.16. The predicted octanol–water partition coefficient (Wildman–Crippen LogP) is 3.39. The minimum atomic E-state index is -0.243. The lowest BCUT2D eigenvalue weighted by molar-refractivity contribution is 0.0953. The summed E-state index contributed by atoms with van der Waals surface area (Å²) in [6.45, 7) is 3.95. The van der Waals surface area contributed by atoms with Crippen LogP contribution in [0.2, 0.25) is 5.02 Å². The fourth-order valence-electron chi connectivity index (χ4n) is 1.61. The number of aromatic nitrogens is 1. The van der Waals surface area contributed by atoms with Crippen LogP contribution in [0.3, 0.4) is 0 Å². The molecule has 0 aliphatic heterocycles. The monoisotopic (exact) mass is 287 g/mol. The molecular weight excluding hydrogens is 274 g/mol. The average Bonchev–Trinajstić information content (AvgIpc) is 2.47. The number of halogens is 1. The van der Waals surface area contributed by atoms with E-state index in [1.54, 1.807) is 30.5 Å². The Morgan fingerprint density at radius 1 is 1.35 bits per heavy atom. The molecule has 1 amide bonds. The number of amides is 1. The van der Waals surface area contributed by atoms with E-state index in [4.69, 9.17) is 11.6 Å². The third kappa shape index (κ3) is 3.59. The van der Waals surface area contributed by atoms with E-state index in [0.717, 1.165) is 11.4 Å². The van der Waals surface area contributed by atoms with E-state index in [0.29, 0.717) is 17.3 Å². The van der Waals surface area contributed by atoms with Crippen molar-refractivity contribution in [3.8, 4) is 0 Å². The number of benzene rings is 1. The third-order valence-corrected chi connectivity index (χ3v) is 2.88. The summed E-state index contributed by atoms with van der Waals surface area (Å²) in [5, 5.41) is 6.44. The Bertz CT molecular complexity index is 628. The summed E-state index contributed by atoms with van der Waals surface area (Å²) in [7, 11) is 0. The van der Waals surface area contributed by atoms with E-state index in [1.165, 1.54) is 0 Å². The summed E-state index contributed by atoms with van der Waals surface area (Å²) in [6, 6.07) is 10.8. The molecule has 2 aromatic rings. The zero-order chi connectivity index (χ0) is 14.4. The molecule has 0 unspecified atom stereocenters. The van der Waals surface area contributed by atoms with Gasteiger partial charge >= 0.3 is 0 Å². The molecule has 0 bridgehead atoms. The zero-order valence-electron chi connectivity index (χ0n) is 10.8. The molecule has 0 saturated heterocycles. The maximum Gasteiger partial charge on any atom is 0.270 e. The molecule has 0 radical (unpaired) electrons. The van der Waals surface area contributed by atoms with Gasteiger partial charge in [0.05, 0.1) is 10.7 Å². The fourth-order valence-corrected chi connectivity index (χ4v) is 1.79. The van der Waals surface area contributed by atoms with E-state index in [9.17, 15) is 4.79 Å². The van der Waals surface area contributed by atoms with E-state index >= 15 is 0 Å². The number of pyridine rings is 1. The summed E-state index contributed by atoms with van der Waals surface area (Å²) in [4.78, 5) is 15.8. The highest BCUT2D eigenvalue weighted by Crippen LogP contribution is 2.24. The SMILES string of the molecule is C=CCNC(=O)c1cc(Nc2ccccc2Cl)ccn1. The maximum atomic E-state index is 11.8. The minimum Gasteiger partial charge on any atom is -0.354 e. The molecule has 2 N–H and O–H groups in total. The van der Waals surface area contributed by atoms with Gasteiger partial charge in [0.25, 0.3) is 5.91 Å². The van der Waals surface area contributed by atoms with E-state index in [1.807, 2.05) is 18.2 Å². The van der Waals surface area contributed by atoms with Crippen LogP contribution in [-0.2, 0) is 0 Å². The second-order valence-corrected chi connectivity index (χ2v) is 4.44. The smallest absolute Gasteiger partial charge is 0.270 e. The first kappa shape index (κ1) is 14.1. The van der Waals surface area contributed by atoms with Gasteiger partial charge in [0.2, 0.25) is 0 Å². The number of carbonyl (C=O) groups excluding carboxylic acids is 1. The van der Waals surface area contributed by atoms with Crippen LogP contribution in [-0.4, -0.2) is 17.4 Å². The van der Waals surface area contributed by atoms with Crippen LogP contribution in [0.5, 0.6) is 0 Å². The Morgan fingerprint density at radius 2 is 2.15 bits per heavy atom. The normalized spacial score (nSPS) is 9.85. The van der Waals surface area contributed by atoms with Gasteiger partial charge in [0.1, 0.15) is 5.69 Å². The minimum absolute atomic E-state index is 0.243. The van der Waals surface area contributed by atoms with Crippen molar-refractivity contribution >= 4 is 28.9 Å². The molecule has 0 aliphatic carbocycles. The highest BCUT2D eigenvalue weighted by Gasteiger charge is 2.07. The van der Waals surface area contributed by atoms with Gasteiger partial charge in [0.15, 0.2) is 0 Å². The average molecular weight is 288 g/mol. The molecule has 0 fully saturated rings. The first-order chi connectivity index (χ1) is 9.70. The maximum absolute atomic E-state index is 11.8. The molecule has 20 heavy (non-hydrogen) atoms. The first-order valence-electron chi connectivity index (χ1n) is 6.07. The van der Waals surface area contributed by atoms with Gasteiger partial charge in [-0.2, -0.15) is 0 Å². The van der Waals surface area contributed by atoms with Gasteiger partial charge in [-0.15, -0.1) is 6.58 Å². The topological polar surface area (TPSA) is 54.0 Å². The molecule has 1 aromatic carbocycles. The number of hydrogen-bond acceptors (Lipinski definition) is 3. The second-order valence-electron chi connectivity index (χ2n) is 4.03. The van der Waals surface area contributed by atoms with Crippen LogP contribution in [0.15, 0.2) is 55.3 Å². The zero-order valence-corrected chi connectivity index (χ0v) is 11.5. The van der Waals surface area contributed by atoms with Crippen molar-refractivity contribution in [3.63, 3.8) is 0 Å². The largest absolute Gasteiger partial charge is 0.354 e. The lowest BCUT2D eigenvalue weighted by Crippen LogP contribution is -2.24. The van der Waals surface area contributed by atoms with Crippen molar-refractivity contribution in [2.24, 2.45) is 0 Å². The summed E-state index contributed by atoms with van der Waals surface area (Å²) >= 11 is 6.08.